The third kappa shape index (κ3) is 4.50. The van der Waals surface area contributed by atoms with Crippen molar-refractivity contribution in [3.8, 4) is 5.75 Å². The van der Waals surface area contributed by atoms with Gasteiger partial charge in [-0.25, -0.2) is 0 Å². The summed E-state index contributed by atoms with van der Waals surface area (Å²) in [5.41, 5.74) is -1.82. The van der Waals surface area contributed by atoms with Gasteiger partial charge < -0.3 is 9.84 Å². The van der Waals surface area contributed by atoms with Crippen molar-refractivity contribution in [1.29, 1.82) is 0 Å². The fourth-order valence-corrected chi connectivity index (χ4v) is 4.30. The van der Waals surface area contributed by atoms with Crippen molar-refractivity contribution in [2.24, 2.45) is 5.10 Å². The third-order valence-electron chi connectivity index (χ3n) is 6.10. The van der Waals surface area contributed by atoms with Crippen molar-refractivity contribution in [2.75, 3.05) is 6.61 Å². The van der Waals surface area contributed by atoms with Crippen molar-refractivity contribution in [3.05, 3.63) is 65.7 Å². The summed E-state index contributed by atoms with van der Waals surface area (Å²) in [5.74, 6) is -0.191. The molecule has 2 aliphatic rings. The summed E-state index contributed by atoms with van der Waals surface area (Å²) in [6, 6.07) is 15.5. The van der Waals surface area contributed by atoms with E-state index in [0.29, 0.717) is 17.2 Å². The number of carbonyl (C=O) groups excluding carboxylic acids is 1. The van der Waals surface area contributed by atoms with Gasteiger partial charge in [0.1, 0.15) is 5.75 Å². The molecule has 5 nitrogen and oxygen atoms in total. The standard InChI is InChI=1S/C24H25F3N2O3/c25-24(26,27)23(31)15-21(19-9-5-2-6-10-19)28-29(23)22(30)16-32-20-13-11-18(12-14-20)17-7-3-1-4-8-17/h2,5-6,9-14,17,31H,1,3-4,7-8,15-16H2/t23-/m0/s1. The second-order valence-corrected chi connectivity index (χ2v) is 8.30. The van der Waals surface area contributed by atoms with Crippen LogP contribution in [-0.2, 0) is 4.79 Å². The number of hydrogen-bond donors (Lipinski definition) is 1. The Bertz CT molecular complexity index is 970. The predicted molar refractivity (Wildman–Crippen MR) is 113 cm³/mol. The van der Waals surface area contributed by atoms with Crippen molar-refractivity contribution in [2.45, 2.75) is 56.3 Å². The lowest BCUT2D eigenvalue weighted by Crippen LogP contribution is -2.57. The summed E-state index contributed by atoms with van der Waals surface area (Å²) in [6.45, 7) is -0.674. The summed E-state index contributed by atoms with van der Waals surface area (Å²) < 4.78 is 46.4. The number of ether oxygens (including phenoxy) is 1. The van der Waals surface area contributed by atoms with E-state index >= 15 is 0 Å². The Labute approximate surface area is 184 Å². The molecule has 0 saturated heterocycles. The van der Waals surface area contributed by atoms with Crippen LogP contribution >= 0.6 is 0 Å². The number of nitrogens with zero attached hydrogens (tertiary/aromatic N) is 2. The molecule has 1 heterocycles. The molecule has 0 radical (unpaired) electrons. The highest BCUT2D eigenvalue weighted by Crippen LogP contribution is 2.41. The molecule has 1 saturated carbocycles. The van der Waals surface area contributed by atoms with Crippen molar-refractivity contribution in [3.63, 3.8) is 0 Å². The Morgan fingerprint density at radius 2 is 1.72 bits per heavy atom. The lowest BCUT2D eigenvalue weighted by atomic mass is 9.84. The van der Waals surface area contributed by atoms with Gasteiger partial charge in [-0.1, -0.05) is 61.7 Å². The van der Waals surface area contributed by atoms with E-state index in [4.69, 9.17) is 4.74 Å². The van der Waals surface area contributed by atoms with Crippen molar-refractivity contribution >= 4 is 11.6 Å². The minimum absolute atomic E-state index is 0.0180. The van der Waals surface area contributed by atoms with Crippen LogP contribution in [0.15, 0.2) is 59.7 Å². The summed E-state index contributed by atoms with van der Waals surface area (Å²) in [6.07, 6.45) is 0.0420. The monoisotopic (exact) mass is 446 g/mol. The number of alkyl halides is 3. The van der Waals surface area contributed by atoms with Gasteiger partial charge in [-0.15, -0.1) is 0 Å². The number of amides is 1. The number of hydrogen-bond acceptors (Lipinski definition) is 4. The zero-order valence-electron chi connectivity index (χ0n) is 17.5. The zero-order valence-corrected chi connectivity index (χ0v) is 17.5. The summed E-state index contributed by atoms with van der Waals surface area (Å²) in [5, 5.41) is 14.3. The van der Waals surface area contributed by atoms with Gasteiger partial charge in [-0.05, 0) is 42.0 Å². The summed E-state index contributed by atoms with van der Waals surface area (Å²) >= 11 is 0. The maximum atomic E-state index is 13.7. The van der Waals surface area contributed by atoms with E-state index in [1.54, 1.807) is 42.5 Å². The molecule has 1 fully saturated rings. The van der Waals surface area contributed by atoms with Crippen LogP contribution in [-0.4, -0.2) is 40.2 Å². The Morgan fingerprint density at radius 1 is 1.06 bits per heavy atom. The molecule has 1 amide bonds. The highest BCUT2D eigenvalue weighted by Gasteiger charge is 2.63. The van der Waals surface area contributed by atoms with Crippen molar-refractivity contribution < 1.29 is 27.8 Å². The molecule has 2 aromatic rings. The van der Waals surface area contributed by atoms with Gasteiger partial charge in [0.15, 0.2) is 6.61 Å². The lowest BCUT2D eigenvalue weighted by Gasteiger charge is -2.32. The fraction of sp³-hybridized carbons (Fsp3) is 0.417. The average Bonchev–Trinajstić information content (AvgIpc) is 3.18. The Balaban J connectivity index is 1.46. The van der Waals surface area contributed by atoms with E-state index in [1.807, 2.05) is 12.1 Å². The number of aliphatic hydroxyl groups is 1. The summed E-state index contributed by atoms with van der Waals surface area (Å²) in [4.78, 5) is 12.6. The van der Waals surface area contributed by atoms with E-state index in [-0.39, 0.29) is 10.7 Å². The quantitative estimate of drug-likeness (QED) is 0.703. The third-order valence-corrected chi connectivity index (χ3v) is 6.10. The number of carbonyl (C=O) groups is 1. The van der Waals surface area contributed by atoms with Gasteiger partial charge in [0.25, 0.3) is 11.6 Å². The lowest BCUT2D eigenvalue weighted by molar-refractivity contribution is -0.302. The molecule has 8 heteroatoms. The van der Waals surface area contributed by atoms with E-state index in [2.05, 4.69) is 5.10 Å². The van der Waals surface area contributed by atoms with Crippen LogP contribution in [0.1, 0.15) is 55.6 Å². The molecule has 32 heavy (non-hydrogen) atoms. The van der Waals surface area contributed by atoms with Gasteiger partial charge in [0.2, 0.25) is 0 Å². The number of halogens is 3. The number of hydrazone groups is 1. The molecular formula is C24H25F3N2O3. The van der Waals surface area contributed by atoms with Crippen LogP contribution < -0.4 is 4.74 Å². The molecule has 0 bridgehead atoms. The maximum absolute atomic E-state index is 13.7. The zero-order chi connectivity index (χ0) is 22.8. The number of rotatable bonds is 5. The molecule has 0 unspecified atom stereocenters. The molecule has 1 aliphatic heterocycles. The Kier molecular flexibility index (Phi) is 6.24. The van der Waals surface area contributed by atoms with Crippen LogP contribution in [0.5, 0.6) is 5.75 Å². The molecule has 0 spiro atoms. The highest BCUT2D eigenvalue weighted by molar-refractivity contribution is 6.03. The second kappa shape index (κ2) is 8.94. The minimum atomic E-state index is -5.08. The SMILES string of the molecule is O=C(COc1ccc(C2CCCCC2)cc1)N1N=C(c2ccccc2)C[C@]1(O)C(F)(F)F. The smallest absolute Gasteiger partial charge is 0.438 e. The first-order valence-corrected chi connectivity index (χ1v) is 10.8. The maximum Gasteiger partial charge on any atom is 0.438 e. The molecule has 0 aromatic heterocycles. The van der Waals surface area contributed by atoms with Crippen LogP contribution in [0.2, 0.25) is 0 Å². The van der Waals surface area contributed by atoms with E-state index < -0.39 is 30.8 Å². The van der Waals surface area contributed by atoms with Gasteiger partial charge in [0, 0.05) is 0 Å². The first-order valence-electron chi connectivity index (χ1n) is 10.8. The fourth-order valence-electron chi connectivity index (χ4n) is 4.30. The Hall–Kier alpha value is -2.87. The molecule has 1 N–H and O–H groups in total. The second-order valence-electron chi connectivity index (χ2n) is 8.30. The first kappa shape index (κ1) is 22.3. The molecule has 1 aliphatic carbocycles. The van der Waals surface area contributed by atoms with Gasteiger partial charge in [-0.2, -0.15) is 23.3 Å². The van der Waals surface area contributed by atoms with E-state index in [0.717, 1.165) is 12.8 Å². The minimum Gasteiger partial charge on any atom is -0.484 e. The van der Waals surface area contributed by atoms with E-state index in [9.17, 15) is 23.1 Å². The average molecular weight is 446 g/mol. The molecule has 1 atom stereocenters. The Morgan fingerprint density at radius 3 is 2.34 bits per heavy atom. The topological polar surface area (TPSA) is 62.1 Å². The molecule has 2 aromatic carbocycles. The van der Waals surface area contributed by atoms with Crippen LogP contribution in [0, 0.1) is 0 Å². The van der Waals surface area contributed by atoms with Gasteiger partial charge >= 0.3 is 6.18 Å². The van der Waals surface area contributed by atoms with Crippen molar-refractivity contribution in [1.82, 2.24) is 5.01 Å². The van der Waals surface area contributed by atoms with Crippen LogP contribution in [0.4, 0.5) is 13.2 Å². The normalized spacial score (nSPS) is 22.0. The summed E-state index contributed by atoms with van der Waals surface area (Å²) in [7, 11) is 0. The van der Waals surface area contributed by atoms with E-state index in [1.165, 1.54) is 24.8 Å². The van der Waals surface area contributed by atoms with Gasteiger partial charge in [-0.3, -0.25) is 4.79 Å². The first-order chi connectivity index (χ1) is 15.3. The molecule has 4 rings (SSSR count). The largest absolute Gasteiger partial charge is 0.484 e. The molecular weight excluding hydrogens is 421 g/mol. The van der Waals surface area contributed by atoms with Crippen LogP contribution in [0.3, 0.4) is 0 Å². The van der Waals surface area contributed by atoms with Gasteiger partial charge in [0.05, 0.1) is 12.1 Å². The molecule has 170 valence electrons. The highest BCUT2D eigenvalue weighted by atomic mass is 19.4. The predicted octanol–water partition coefficient (Wildman–Crippen LogP) is 5.00. The van der Waals surface area contributed by atoms with Crippen LogP contribution in [0.25, 0.3) is 0 Å². The number of benzene rings is 2.